The molecule has 0 saturated heterocycles. The number of hydrogen-bond donors (Lipinski definition) is 0. The summed E-state index contributed by atoms with van der Waals surface area (Å²) in [5.41, 5.74) is 0. The Morgan fingerprint density at radius 3 is 1.58 bits per heavy atom. The Bertz CT molecular complexity index is 226. The third-order valence-corrected chi connectivity index (χ3v) is 6.50. The van der Waals surface area contributed by atoms with Crippen LogP contribution in [0.5, 0.6) is 0 Å². The fourth-order valence-corrected chi connectivity index (χ4v) is 5.57. The fraction of sp³-hybridized carbons (Fsp3) is 0.867. The molecule has 19 heavy (non-hydrogen) atoms. The van der Waals surface area contributed by atoms with E-state index in [2.05, 4.69) is 67.5 Å². The second-order valence-corrected chi connectivity index (χ2v) is 12.6. The van der Waals surface area contributed by atoms with E-state index in [0.717, 1.165) is 5.92 Å². The minimum atomic E-state index is 0.0396. The van der Waals surface area contributed by atoms with Crippen molar-refractivity contribution in [3.63, 3.8) is 0 Å². The monoisotopic (exact) mass is 370 g/mol. The Morgan fingerprint density at radius 2 is 1.32 bits per heavy atom. The van der Waals surface area contributed by atoms with Crippen molar-refractivity contribution in [1.29, 1.82) is 0 Å². The van der Waals surface area contributed by atoms with Gasteiger partial charge >= 0.3 is 33.0 Å². The molecule has 0 radical (unpaired) electrons. The Labute approximate surface area is 137 Å². The first-order valence-electron chi connectivity index (χ1n) is 6.72. The zero-order chi connectivity index (χ0) is 15.7. The van der Waals surface area contributed by atoms with Crippen LogP contribution in [-0.4, -0.2) is 16.5 Å². The van der Waals surface area contributed by atoms with Gasteiger partial charge in [0, 0.05) is 0 Å². The molecule has 0 N–H and O–H groups in total. The van der Waals surface area contributed by atoms with Gasteiger partial charge in [0.05, 0.1) is 0 Å². The van der Waals surface area contributed by atoms with Gasteiger partial charge < -0.3 is 0 Å². The molecule has 0 aliphatic rings. The molecule has 0 aromatic rings. The molecule has 0 amide bonds. The molecule has 0 aromatic heterocycles. The normalized spacial score (nSPS) is 13.3. The number of rotatable bonds is 4. The first-order chi connectivity index (χ1) is 8.46. The molecule has 4 heteroatoms. The van der Waals surface area contributed by atoms with Gasteiger partial charge in [0.25, 0.3) is 0 Å². The van der Waals surface area contributed by atoms with Gasteiger partial charge in [-0.1, -0.05) is 75.5 Å². The van der Waals surface area contributed by atoms with Crippen molar-refractivity contribution in [3.05, 3.63) is 12.2 Å². The molecule has 0 nitrogen and oxygen atoms in total. The Hall–Kier alpha value is 1.24. The summed E-state index contributed by atoms with van der Waals surface area (Å²) in [4.78, 5) is 0. The van der Waals surface area contributed by atoms with E-state index in [1.807, 2.05) is 0 Å². The Kier molecular flexibility index (Phi) is 12.9. The van der Waals surface area contributed by atoms with Gasteiger partial charge in [-0.25, -0.2) is 0 Å². The first-order valence-corrected chi connectivity index (χ1v) is 11.0. The third-order valence-electron chi connectivity index (χ3n) is 2.68. The summed E-state index contributed by atoms with van der Waals surface area (Å²) in [6, 6.07) is 0. The van der Waals surface area contributed by atoms with Gasteiger partial charge in [0.2, 0.25) is 0 Å². The van der Waals surface area contributed by atoms with Crippen LogP contribution in [0.25, 0.3) is 0 Å². The van der Waals surface area contributed by atoms with Crippen LogP contribution < -0.4 is 0 Å². The summed E-state index contributed by atoms with van der Waals surface area (Å²) in [6.07, 6.45) is 7.28. The van der Waals surface area contributed by atoms with Crippen molar-refractivity contribution in [2.45, 2.75) is 72.1 Å². The van der Waals surface area contributed by atoms with Crippen LogP contribution in [0, 0.1) is 5.92 Å². The quantitative estimate of drug-likeness (QED) is 0.282. The van der Waals surface area contributed by atoms with Crippen molar-refractivity contribution >= 4 is 28.3 Å². The van der Waals surface area contributed by atoms with Gasteiger partial charge in [-0.3, -0.25) is 0 Å². The summed E-state index contributed by atoms with van der Waals surface area (Å²) in [5, 5.41) is 0.908. The first kappa shape index (κ1) is 22.5. The van der Waals surface area contributed by atoms with E-state index >= 15 is 0 Å². The zero-order valence-electron chi connectivity index (χ0n) is 13.7. The topological polar surface area (TPSA) is 0 Å². The van der Waals surface area contributed by atoms with Crippen molar-refractivity contribution in [3.8, 4) is 0 Å². The summed E-state index contributed by atoms with van der Waals surface area (Å²) in [6.45, 7) is 18.9. The van der Waals surface area contributed by atoms with Crippen molar-refractivity contribution in [1.82, 2.24) is 0 Å². The van der Waals surface area contributed by atoms with Gasteiger partial charge in [0.15, 0.2) is 0 Å². The van der Waals surface area contributed by atoms with E-state index < -0.39 is 0 Å². The molecule has 0 rings (SSSR count). The second kappa shape index (κ2) is 10.9. The Balaban J connectivity index is 0. The average Bonchev–Trinajstić information content (AvgIpc) is 2.13. The maximum absolute atomic E-state index is 4.70. The van der Waals surface area contributed by atoms with Crippen LogP contribution in [0.4, 0.5) is 0 Å². The molecule has 0 aliphatic heterocycles. The van der Waals surface area contributed by atoms with Gasteiger partial charge in [-0.05, 0) is 28.8 Å². The fourth-order valence-electron chi connectivity index (χ4n) is 2.10. The van der Waals surface area contributed by atoms with Crippen LogP contribution >= 0.6 is 28.3 Å². The summed E-state index contributed by atoms with van der Waals surface area (Å²) in [5.74, 6) is 0.784. The molecular weight excluding hydrogens is 341 g/mol. The third kappa shape index (κ3) is 14.0. The summed E-state index contributed by atoms with van der Waals surface area (Å²) < 4.78 is 0. The van der Waals surface area contributed by atoms with Crippen molar-refractivity contribution in [2.75, 3.05) is 6.16 Å². The van der Waals surface area contributed by atoms with Crippen molar-refractivity contribution < 1.29 is 12.7 Å². The molecule has 0 atom stereocenters. The number of hydrogen-bond acceptors (Lipinski definition) is 0. The molecular formula is C15H31Cl2NiP. The van der Waals surface area contributed by atoms with E-state index in [0.29, 0.717) is 23.0 Å². The molecule has 0 unspecified atom stereocenters. The SMILES string of the molecule is CC(C)CC=CCP(C(C)(C)C)C(C)(C)C.[Cl][Ni][Cl]. The van der Waals surface area contributed by atoms with Crippen LogP contribution in [-0.2, 0) is 12.7 Å². The molecule has 0 saturated carbocycles. The van der Waals surface area contributed by atoms with Gasteiger partial charge in [0.1, 0.15) is 0 Å². The summed E-state index contributed by atoms with van der Waals surface area (Å²) >= 11 is 0.569. The van der Waals surface area contributed by atoms with Crippen molar-refractivity contribution in [2.24, 2.45) is 5.92 Å². The molecule has 0 bridgehead atoms. The molecule has 0 fully saturated rings. The van der Waals surface area contributed by atoms with Gasteiger partial charge in [-0.15, -0.1) is 0 Å². The summed E-state index contributed by atoms with van der Waals surface area (Å²) in [7, 11) is 9.44. The Morgan fingerprint density at radius 1 is 0.947 bits per heavy atom. The van der Waals surface area contributed by atoms with Crippen LogP contribution in [0.1, 0.15) is 61.8 Å². The zero-order valence-corrected chi connectivity index (χ0v) is 17.1. The predicted octanol–water partition coefficient (Wildman–Crippen LogP) is 7.04. The van der Waals surface area contributed by atoms with E-state index in [-0.39, 0.29) is 7.92 Å². The average molecular weight is 372 g/mol. The van der Waals surface area contributed by atoms with Crippen LogP contribution in [0.3, 0.4) is 0 Å². The van der Waals surface area contributed by atoms with E-state index in [9.17, 15) is 0 Å². The minimum absolute atomic E-state index is 0.0396. The van der Waals surface area contributed by atoms with Gasteiger partial charge in [-0.2, -0.15) is 0 Å². The maximum atomic E-state index is 4.70. The molecule has 0 aromatic carbocycles. The molecule has 0 spiro atoms. The van der Waals surface area contributed by atoms with E-state index in [1.54, 1.807) is 0 Å². The molecule has 0 heterocycles. The second-order valence-electron chi connectivity index (χ2n) is 7.10. The number of allylic oxidation sites excluding steroid dienone is 2. The molecule has 120 valence electrons. The predicted molar refractivity (Wildman–Crippen MR) is 91.6 cm³/mol. The van der Waals surface area contributed by atoms with E-state index in [4.69, 9.17) is 20.4 Å². The van der Waals surface area contributed by atoms with Crippen LogP contribution in [0.2, 0.25) is 0 Å². The van der Waals surface area contributed by atoms with E-state index in [1.165, 1.54) is 12.6 Å². The standard InChI is InChI=1S/C15H31P.2ClH.Ni/c1-13(2)11-9-10-12-16(14(3,4)5)15(6,7)8;;;/h9-10,13H,11-12H2,1-8H3;2*1H;/q;;;+2/p-2. The molecule has 0 aliphatic carbocycles. The number of halogens is 2. The van der Waals surface area contributed by atoms with Crippen LogP contribution in [0.15, 0.2) is 12.2 Å².